The number of esters is 4. The Balaban J connectivity index is 5.21. The molecule has 0 aliphatic heterocycles. The van der Waals surface area contributed by atoms with Crippen molar-refractivity contribution in [3.8, 4) is 0 Å². The quantitative estimate of drug-likeness (QED) is 0.0222. The summed E-state index contributed by atoms with van der Waals surface area (Å²) in [5, 5.41) is 10.6. The average molecular weight is 1330 g/mol. The Hall–Kier alpha value is -1.94. The zero-order valence-corrected chi connectivity index (χ0v) is 60.6. The lowest BCUT2D eigenvalue weighted by Gasteiger charge is -2.21. The molecule has 0 aromatic heterocycles. The highest BCUT2D eigenvalue weighted by molar-refractivity contribution is 7.47. The normalized spacial score (nSPS) is 14.6. The molecule has 90 heavy (non-hydrogen) atoms. The van der Waals surface area contributed by atoms with Gasteiger partial charge in [0.2, 0.25) is 0 Å². The Morgan fingerprint density at radius 2 is 0.533 bits per heavy atom. The van der Waals surface area contributed by atoms with Crippen LogP contribution in [0.15, 0.2) is 0 Å². The van der Waals surface area contributed by atoms with Crippen molar-refractivity contribution < 1.29 is 80.2 Å². The molecule has 0 heterocycles. The van der Waals surface area contributed by atoms with Crippen molar-refractivity contribution >= 4 is 39.5 Å². The number of carbonyl (C=O) groups excluding carboxylic acids is 4. The molecule has 3 N–H and O–H groups in total. The number of aliphatic hydroxyl groups excluding tert-OH is 1. The summed E-state index contributed by atoms with van der Waals surface area (Å²) in [5.74, 6) is 0.847. The van der Waals surface area contributed by atoms with E-state index in [1.807, 2.05) is 0 Å². The van der Waals surface area contributed by atoms with E-state index < -0.39 is 97.5 Å². The molecule has 534 valence electrons. The SMILES string of the molecule is CCC(C)CCCCCCCCC(=O)OC[C@H](COP(=O)(O)OC[C@H](O)COP(=O)(O)OC[C@@H](COC(=O)CCCCCCCCCCCCCCCCC(C)C)OC(=O)CCCCCCCCCC(C)C)OC(=O)CCCCCCCCCCCCC(C)C. The predicted octanol–water partition coefficient (Wildman–Crippen LogP) is 20.1. The maximum atomic E-state index is 13.0. The summed E-state index contributed by atoms with van der Waals surface area (Å²) in [7, 11) is -9.90. The third-order valence-corrected chi connectivity index (χ3v) is 18.6. The van der Waals surface area contributed by atoms with Crippen molar-refractivity contribution in [2.45, 2.75) is 369 Å². The van der Waals surface area contributed by atoms with Crippen LogP contribution >= 0.6 is 15.6 Å². The molecule has 0 aliphatic rings. The van der Waals surface area contributed by atoms with Gasteiger partial charge in [0.1, 0.15) is 19.3 Å². The van der Waals surface area contributed by atoms with Gasteiger partial charge in [-0.05, 0) is 49.4 Å². The molecule has 0 aromatic carbocycles. The van der Waals surface area contributed by atoms with Gasteiger partial charge in [-0.1, -0.05) is 299 Å². The van der Waals surface area contributed by atoms with Gasteiger partial charge in [-0.3, -0.25) is 37.3 Å². The second-order valence-corrected chi connectivity index (χ2v) is 30.2. The van der Waals surface area contributed by atoms with Gasteiger partial charge in [0.25, 0.3) is 0 Å². The van der Waals surface area contributed by atoms with E-state index in [9.17, 15) is 43.2 Å². The maximum Gasteiger partial charge on any atom is 0.472 e. The van der Waals surface area contributed by atoms with Crippen LogP contribution in [0.3, 0.4) is 0 Å². The average Bonchev–Trinajstić information content (AvgIpc) is 2.95. The summed E-state index contributed by atoms with van der Waals surface area (Å²) >= 11 is 0. The minimum absolute atomic E-state index is 0.103. The van der Waals surface area contributed by atoms with Crippen LogP contribution in [0.1, 0.15) is 351 Å². The number of hydrogen-bond donors (Lipinski definition) is 3. The number of aliphatic hydroxyl groups is 1. The van der Waals surface area contributed by atoms with Crippen LogP contribution in [-0.4, -0.2) is 96.7 Å². The first-order valence-electron chi connectivity index (χ1n) is 36.7. The van der Waals surface area contributed by atoms with Crippen LogP contribution in [0.4, 0.5) is 0 Å². The van der Waals surface area contributed by atoms with E-state index in [0.717, 1.165) is 114 Å². The molecule has 6 atom stereocenters. The van der Waals surface area contributed by atoms with Crippen LogP contribution in [0, 0.1) is 23.7 Å². The van der Waals surface area contributed by atoms with Gasteiger partial charge in [0, 0.05) is 25.7 Å². The van der Waals surface area contributed by atoms with Crippen LogP contribution in [0.25, 0.3) is 0 Å². The number of unbranched alkanes of at least 4 members (excludes halogenated alkanes) is 33. The third-order valence-electron chi connectivity index (χ3n) is 16.7. The number of phosphoric ester groups is 2. The fourth-order valence-electron chi connectivity index (χ4n) is 10.6. The first-order chi connectivity index (χ1) is 43.1. The number of hydrogen-bond acceptors (Lipinski definition) is 15. The Labute approximate surface area is 549 Å². The number of rotatable bonds is 68. The number of ether oxygens (including phenoxy) is 4. The van der Waals surface area contributed by atoms with E-state index >= 15 is 0 Å². The molecule has 19 heteroatoms. The van der Waals surface area contributed by atoms with Crippen molar-refractivity contribution in [1.29, 1.82) is 0 Å². The molecule has 0 fully saturated rings. The third kappa shape index (κ3) is 63.5. The fraction of sp³-hybridized carbons (Fsp3) is 0.944. The summed E-state index contributed by atoms with van der Waals surface area (Å²) in [6, 6.07) is 0. The lowest BCUT2D eigenvalue weighted by molar-refractivity contribution is -0.161. The summed E-state index contributed by atoms with van der Waals surface area (Å²) in [6.07, 6.45) is 43.2. The Kier molecular flexibility index (Phi) is 59.4. The largest absolute Gasteiger partial charge is 0.472 e. The van der Waals surface area contributed by atoms with Gasteiger partial charge in [0.15, 0.2) is 12.2 Å². The second kappa shape index (κ2) is 60.7. The van der Waals surface area contributed by atoms with Crippen molar-refractivity contribution in [2.75, 3.05) is 39.6 Å². The first kappa shape index (κ1) is 88.1. The molecule has 0 spiro atoms. The highest BCUT2D eigenvalue weighted by Gasteiger charge is 2.30. The molecule has 0 saturated heterocycles. The summed E-state index contributed by atoms with van der Waals surface area (Å²) < 4.78 is 68.3. The van der Waals surface area contributed by atoms with Crippen LogP contribution in [0.5, 0.6) is 0 Å². The Morgan fingerprint density at radius 1 is 0.311 bits per heavy atom. The molecule has 0 aromatic rings. The molecule has 0 radical (unpaired) electrons. The van der Waals surface area contributed by atoms with Crippen molar-refractivity contribution in [2.24, 2.45) is 23.7 Å². The minimum atomic E-state index is -4.95. The molecule has 17 nitrogen and oxygen atoms in total. The van der Waals surface area contributed by atoms with Crippen molar-refractivity contribution in [3.63, 3.8) is 0 Å². The van der Waals surface area contributed by atoms with E-state index in [0.29, 0.717) is 31.6 Å². The Bertz CT molecular complexity index is 1780. The lowest BCUT2D eigenvalue weighted by atomic mass is 10.00. The topological polar surface area (TPSA) is 237 Å². The van der Waals surface area contributed by atoms with E-state index in [1.165, 1.54) is 148 Å². The van der Waals surface area contributed by atoms with Gasteiger partial charge in [-0.15, -0.1) is 0 Å². The minimum Gasteiger partial charge on any atom is -0.462 e. The summed E-state index contributed by atoms with van der Waals surface area (Å²) in [4.78, 5) is 72.5. The zero-order chi connectivity index (χ0) is 66.8. The van der Waals surface area contributed by atoms with Crippen LogP contribution in [0.2, 0.25) is 0 Å². The van der Waals surface area contributed by atoms with Gasteiger partial charge >= 0.3 is 39.5 Å². The maximum absolute atomic E-state index is 13.0. The highest BCUT2D eigenvalue weighted by atomic mass is 31.2. The van der Waals surface area contributed by atoms with Gasteiger partial charge < -0.3 is 33.8 Å². The van der Waals surface area contributed by atoms with Crippen molar-refractivity contribution in [1.82, 2.24) is 0 Å². The second-order valence-electron chi connectivity index (χ2n) is 27.3. The Morgan fingerprint density at radius 3 is 0.789 bits per heavy atom. The van der Waals surface area contributed by atoms with Gasteiger partial charge in [0.05, 0.1) is 26.4 Å². The molecule has 0 bridgehead atoms. The smallest absolute Gasteiger partial charge is 0.462 e. The molecule has 0 amide bonds. The molecule has 0 rings (SSSR count). The monoisotopic (exact) mass is 1320 g/mol. The highest BCUT2D eigenvalue weighted by Crippen LogP contribution is 2.45. The number of phosphoric acid groups is 2. The van der Waals surface area contributed by atoms with E-state index in [2.05, 4.69) is 55.4 Å². The van der Waals surface area contributed by atoms with E-state index in [4.69, 9.17) is 37.0 Å². The van der Waals surface area contributed by atoms with E-state index in [-0.39, 0.29) is 25.7 Å². The molecular weight excluding hydrogens is 1190 g/mol. The first-order valence-corrected chi connectivity index (χ1v) is 39.7. The lowest BCUT2D eigenvalue weighted by Crippen LogP contribution is -2.30. The number of carbonyl (C=O) groups is 4. The van der Waals surface area contributed by atoms with Crippen LogP contribution < -0.4 is 0 Å². The predicted molar refractivity (Wildman–Crippen MR) is 363 cm³/mol. The fourth-order valence-corrected chi connectivity index (χ4v) is 12.2. The van der Waals surface area contributed by atoms with Gasteiger partial charge in [-0.2, -0.15) is 0 Å². The molecule has 0 saturated carbocycles. The molecular formula is C71H138O17P2. The van der Waals surface area contributed by atoms with Crippen LogP contribution in [-0.2, 0) is 65.4 Å². The van der Waals surface area contributed by atoms with E-state index in [1.54, 1.807) is 0 Å². The van der Waals surface area contributed by atoms with Crippen molar-refractivity contribution in [3.05, 3.63) is 0 Å². The standard InChI is InChI=1S/C71H138O17P2/c1-9-64(8)50-42-34-29-30-36-44-52-69(74)82-58-67(87-70(75)53-45-37-27-21-17-16-19-24-32-40-48-62(4)5)60-86-90(79,80)84-56-65(72)55-83-89(77,78)85-59-66(88-71(76)54-46-38-28-22-25-33-41-49-63(6)7)57-81-68(73)51-43-35-26-20-15-13-11-10-12-14-18-23-31-39-47-61(2)3/h61-67,72H,9-60H2,1-8H3,(H,77,78)(H,79,80)/t64?,65-,66-,67-/m1/s1. The van der Waals surface area contributed by atoms with Gasteiger partial charge in [-0.25, -0.2) is 9.13 Å². The summed E-state index contributed by atoms with van der Waals surface area (Å²) in [5.41, 5.74) is 0. The zero-order valence-electron chi connectivity index (χ0n) is 58.8. The molecule has 3 unspecified atom stereocenters. The molecule has 0 aliphatic carbocycles. The summed E-state index contributed by atoms with van der Waals surface area (Å²) in [6.45, 7) is 14.1.